The van der Waals surface area contributed by atoms with E-state index in [0.29, 0.717) is 6.04 Å². The Balaban J connectivity index is 1.82. The minimum atomic E-state index is -0.432. The van der Waals surface area contributed by atoms with Gasteiger partial charge in [-0.25, -0.2) is 0 Å². The molecule has 0 bridgehead atoms. The zero-order valence-electron chi connectivity index (χ0n) is 10.2. The molecule has 0 unspecified atom stereocenters. The van der Waals surface area contributed by atoms with Crippen LogP contribution < -0.4 is 10.1 Å². The van der Waals surface area contributed by atoms with Crippen molar-refractivity contribution in [2.45, 2.75) is 44.8 Å². The van der Waals surface area contributed by atoms with Gasteiger partial charge in [-0.2, -0.15) is 0 Å². The van der Waals surface area contributed by atoms with Crippen LogP contribution in [0.25, 0.3) is 0 Å². The monoisotopic (exact) mass is 233 g/mol. The highest BCUT2D eigenvalue weighted by Crippen LogP contribution is 2.18. The third-order valence-electron chi connectivity index (χ3n) is 3.13. The highest BCUT2D eigenvalue weighted by atomic mass is 16.5. The summed E-state index contributed by atoms with van der Waals surface area (Å²) in [6.07, 6.45) is 4.21. The molecule has 3 nitrogen and oxygen atoms in total. The molecule has 1 amide bonds. The van der Waals surface area contributed by atoms with Crippen LogP contribution in [0, 0.1) is 0 Å². The van der Waals surface area contributed by atoms with Crippen LogP contribution in [-0.4, -0.2) is 18.1 Å². The molecule has 0 saturated heterocycles. The molecule has 1 aliphatic rings. The molecule has 0 aliphatic heterocycles. The zero-order chi connectivity index (χ0) is 12.1. The van der Waals surface area contributed by atoms with E-state index in [0.717, 1.165) is 18.6 Å². The van der Waals surface area contributed by atoms with E-state index in [4.69, 9.17) is 4.74 Å². The van der Waals surface area contributed by atoms with Gasteiger partial charge in [-0.1, -0.05) is 31.0 Å². The lowest BCUT2D eigenvalue weighted by molar-refractivity contribution is -0.127. The van der Waals surface area contributed by atoms with Gasteiger partial charge in [0.2, 0.25) is 0 Å². The molecule has 1 saturated carbocycles. The van der Waals surface area contributed by atoms with Gasteiger partial charge in [0.05, 0.1) is 0 Å². The fraction of sp³-hybridized carbons (Fsp3) is 0.500. The van der Waals surface area contributed by atoms with Crippen molar-refractivity contribution in [1.82, 2.24) is 5.32 Å². The molecule has 0 heterocycles. The fourth-order valence-electron chi connectivity index (χ4n) is 2.15. The second kappa shape index (κ2) is 5.71. The summed E-state index contributed by atoms with van der Waals surface area (Å²) in [4.78, 5) is 11.9. The Morgan fingerprint density at radius 3 is 2.59 bits per heavy atom. The summed E-state index contributed by atoms with van der Waals surface area (Å²) in [7, 11) is 0. The number of rotatable bonds is 4. The number of amides is 1. The van der Waals surface area contributed by atoms with E-state index < -0.39 is 6.10 Å². The summed E-state index contributed by atoms with van der Waals surface area (Å²) in [6, 6.07) is 9.80. The molecule has 1 N–H and O–H groups in total. The van der Waals surface area contributed by atoms with E-state index in [2.05, 4.69) is 5.32 Å². The number of nitrogens with one attached hydrogen (secondary N) is 1. The third kappa shape index (κ3) is 3.48. The molecule has 1 fully saturated rings. The normalized spacial score (nSPS) is 17.7. The Hall–Kier alpha value is -1.51. The lowest BCUT2D eigenvalue weighted by Gasteiger charge is -2.17. The third-order valence-corrected chi connectivity index (χ3v) is 3.13. The molecule has 0 radical (unpaired) electrons. The molecule has 1 aromatic rings. The maximum Gasteiger partial charge on any atom is 0.260 e. The quantitative estimate of drug-likeness (QED) is 0.867. The van der Waals surface area contributed by atoms with E-state index in [1.165, 1.54) is 12.8 Å². The predicted octanol–water partition coefficient (Wildman–Crippen LogP) is 2.51. The molecule has 92 valence electrons. The first-order valence-electron chi connectivity index (χ1n) is 6.28. The lowest BCUT2D eigenvalue weighted by atomic mass is 10.2. The first-order valence-corrected chi connectivity index (χ1v) is 6.28. The van der Waals surface area contributed by atoms with Crippen LogP contribution >= 0.6 is 0 Å². The molecule has 0 spiro atoms. The Morgan fingerprint density at radius 1 is 1.29 bits per heavy atom. The van der Waals surface area contributed by atoms with Crippen LogP contribution in [0.2, 0.25) is 0 Å². The molecule has 2 rings (SSSR count). The number of hydrogen-bond donors (Lipinski definition) is 1. The fourth-order valence-corrected chi connectivity index (χ4v) is 2.15. The van der Waals surface area contributed by atoms with Crippen molar-refractivity contribution >= 4 is 5.91 Å². The number of benzene rings is 1. The maximum absolute atomic E-state index is 11.9. The van der Waals surface area contributed by atoms with Gasteiger partial charge in [-0.3, -0.25) is 4.79 Å². The van der Waals surface area contributed by atoms with Gasteiger partial charge >= 0.3 is 0 Å². The average molecular weight is 233 g/mol. The van der Waals surface area contributed by atoms with E-state index in [9.17, 15) is 4.79 Å². The van der Waals surface area contributed by atoms with Gasteiger partial charge in [-0.15, -0.1) is 0 Å². The van der Waals surface area contributed by atoms with Crippen molar-refractivity contribution in [3.63, 3.8) is 0 Å². The van der Waals surface area contributed by atoms with Crippen LogP contribution in [0.15, 0.2) is 30.3 Å². The van der Waals surface area contributed by atoms with Crippen LogP contribution in [0.5, 0.6) is 5.75 Å². The first-order chi connectivity index (χ1) is 8.25. The highest BCUT2D eigenvalue weighted by molar-refractivity contribution is 5.81. The van der Waals surface area contributed by atoms with Crippen LogP contribution in [0.3, 0.4) is 0 Å². The van der Waals surface area contributed by atoms with E-state index in [-0.39, 0.29) is 5.91 Å². The van der Waals surface area contributed by atoms with Gasteiger partial charge in [0, 0.05) is 6.04 Å². The van der Waals surface area contributed by atoms with Crippen molar-refractivity contribution in [3.8, 4) is 5.75 Å². The maximum atomic E-state index is 11.9. The van der Waals surface area contributed by atoms with Crippen molar-refractivity contribution in [3.05, 3.63) is 30.3 Å². The molecular weight excluding hydrogens is 214 g/mol. The second-order valence-electron chi connectivity index (χ2n) is 4.56. The summed E-state index contributed by atoms with van der Waals surface area (Å²) in [5.74, 6) is 0.724. The minimum absolute atomic E-state index is 0.0132. The number of hydrogen-bond acceptors (Lipinski definition) is 2. The number of carbonyl (C=O) groups excluding carboxylic acids is 1. The summed E-state index contributed by atoms with van der Waals surface area (Å²) >= 11 is 0. The van der Waals surface area contributed by atoms with Crippen molar-refractivity contribution in [2.75, 3.05) is 0 Å². The molecule has 1 aliphatic carbocycles. The van der Waals surface area contributed by atoms with Gasteiger partial charge < -0.3 is 10.1 Å². The largest absolute Gasteiger partial charge is 0.481 e. The highest BCUT2D eigenvalue weighted by Gasteiger charge is 2.21. The number of carbonyl (C=O) groups is 1. The topological polar surface area (TPSA) is 38.3 Å². The Labute approximate surface area is 102 Å². The minimum Gasteiger partial charge on any atom is -0.481 e. The van der Waals surface area contributed by atoms with Gasteiger partial charge in [0.15, 0.2) is 6.10 Å². The van der Waals surface area contributed by atoms with E-state index in [1.807, 2.05) is 30.3 Å². The summed E-state index contributed by atoms with van der Waals surface area (Å²) in [6.45, 7) is 1.79. The Kier molecular flexibility index (Phi) is 4.02. The van der Waals surface area contributed by atoms with E-state index >= 15 is 0 Å². The molecule has 0 aromatic heterocycles. The number of para-hydroxylation sites is 1. The Bertz CT molecular complexity index is 358. The predicted molar refractivity (Wildman–Crippen MR) is 66.9 cm³/mol. The van der Waals surface area contributed by atoms with Crippen molar-refractivity contribution < 1.29 is 9.53 Å². The second-order valence-corrected chi connectivity index (χ2v) is 4.56. The van der Waals surface area contributed by atoms with Crippen LogP contribution in [0.4, 0.5) is 0 Å². The Morgan fingerprint density at radius 2 is 1.94 bits per heavy atom. The van der Waals surface area contributed by atoms with Crippen LogP contribution in [-0.2, 0) is 4.79 Å². The standard InChI is InChI=1S/C14H19NO2/c1-11(17-13-9-3-2-4-10-13)14(16)15-12-7-5-6-8-12/h2-4,9-12H,5-8H2,1H3,(H,15,16)/t11-/m0/s1. The summed E-state index contributed by atoms with van der Waals surface area (Å²) < 4.78 is 5.57. The summed E-state index contributed by atoms with van der Waals surface area (Å²) in [5.41, 5.74) is 0. The molecule has 3 heteroatoms. The zero-order valence-corrected chi connectivity index (χ0v) is 10.2. The number of ether oxygens (including phenoxy) is 1. The van der Waals surface area contributed by atoms with Gasteiger partial charge in [0.1, 0.15) is 5.75 Å². The molecular formula is C14H19NO2. The molecule has 1 aromatic carbocycles. The van der Waals surface area contributed by atoms with Crippen molar-refractivity contribution in [2.24, 2.45) is 0 Å². The summed E-state index contributed by atoms with van der Waals surface area (Å²) in [5, 5.41) is 3.03. The van der Waals surface area contributed by atoms with E-state index in [1.54, 1.807) is 6.92 Å². The van der Waals surface area contributed by atoms with Gasteiger partial charge in [-0.05, 0) is 31.9 Å². The van der Waals surface area contributed by atoms with Crippen molar-refractivity contribution in [1.29, 1.82) is 0 Å². The average Bonchev–Trinajstić information content (AvgIpc) is 2.83. The molecule has 1 atom stereocenters. The van der Waals surface area contributed by atoms with Gasteiger partial charge in [0.25, 0.3) is 5.91 Å². The molecule has 17 heavy (non-hydrogen) atoms. The smallest absolute Gasteiger partial charge is 0.260 e. The first kappa shape index (κ1) is 12.0. The lowest BCUT2D eigenvalue weighted by Crippen LogP contribution is -2.41. The van der Waals surface area contributed by atoms with Crippen LogP contribution in [0.1, 0.15) is 32.6 Å². The SMILES string of the molecule is C[C@H](Oc1ccccc1)C(=O)NC1CCCC1.